The van der Waals surface area contributed by atoms with E-state index in [0.29, 0.717) is 24.3 Å². The lowest BCUT2D eigenvalue weighted by Gasteiger charge is -2.23. The van der Waals surface area contributed by atoms with Crippen molar-refractivity contribution in [1.29, 1.82) is 0 Å². The number of aliphatic carboxylic acids is 1. The number of carboxylic acids is 1. The van der Waals surface area contributed by atoms with Crippen LogP contribution in [-0.2, 0) is 4.79 Å². The maximum atomic E-state index is 10.8. The fourth-order valence-corrected chi connectivity index (χ4v) is 1.83. The van der Waals surface area contributed by atoms with Crippen molar-refractivity contribution in [3.8, 4) is 0 Å². The van der Waals surface area contributed by atoms with Crippen LogP contribution in [0.15, 0.2) is 18.2 Å². The number of hydrogen-bond acceptors (Lipinski definition) is 4. The van der Waals surface area contributed by atoms with Crippen LogP contribution < -0.4 is 4.90 Å². The summed E-state index contributed by atoms with van der Waals surface area (Å²) in [4.78, 5) is 22.8. The number of nitro groups is 1. The highest BCUT2D eigenvalue weighted by atomic mass is 16.6. The Morgan fingerprint density at radius 2 is 2.17 bits per heavy atom. The summed E-state index contributed by atoms with van der Waals surface area (Å²) in [6, 6.07) is 4.83. The van der Waals surface area contributed by atoms with Gasteiger partial charge < -0.3 is 10.0 Å². The smallest absolute Gasteiger partial charge is 0.305 e. The van der Waals surface area contributed by atoms with Crippen molar-refractivity contribution in [2.45, 2.75) is 20.3 Å². The highest BCUT2D eigenvalue weighted by Crippen LogP contribution is 2.28. The second-order valence-corrected chi connectivity index (χ2v) is 3.90. The van der Waals surface area contributed by atoms with Crippen LogP contribution in [0.5, 0.6) is 0 Å². The zero-order chi connectivity index (χ0) is 13.7. The molecule has 0 aliphatic rings. The molecule has 0 saturated carbocycles. The topological polar surface area (TPSA) is 83.7 Å². The summed E-state index contributed by atoms with van der Waals surface area (Å²) in [5, 5.41) is 19.5. The van der Waals surface area contributed by atoms with E-state index >= 15 is 0 Å². The van der Waals surface area contributed by atoms with Crippen molar-refractivity contribution < 1.29 is 14.8 Å². The van der Waals surface area contributed by atoms with Crippen LogP contribution in [0.3, 0.4) is 0 Å². The van der Waals surface area contributed by atoms with Gasteiger partial charge in [0.2, 0.25) is 0 Å². The van der Waals surface area contributed by atoms with Crippen LogP contribution in [0, 0.1) is 17.0 Å². The Balaban J connectivity index is 3.02. The van der Waals surface area contributed by atoms with E-state index in [2.05, 4.69) is 0 Å². The Labute approximate surface area is 105 Å². The van der Waals surface area contributed by atoms with Crippen molar-refractivity contribution >= 4 is 17.3 Å². The molecule has 6 heteroatoms. The molecule has 6 nitrogen and oxygen atoms in total. The molecule has 98 valence electrons. The summed E-state index contributed by atoms with van der Waals surface area (Å²) in [5.74, 6) is -0.878. The number of rotatable bonds is 6. The molecule has 0 spiro atoms. The van der Waals surface area contributed by atoms with Gasteiger partial charge in [-0.1, -0.05) is 6.07 Å². The molecule has 1 N–H and O–H groups in total. The average Bonchev–Trinajstić information content (AvgIpc) is 2.31. The van der Waals surface area contributed by atoms with Crippen molar-refractivity contribution in [3.05, 3.63) is 33.9 Å². The van der Waals surface area contributed by atoms with Gasteiger partial charge >= 0.3 is 5.97 Å². The summed E-state index contributed by atoms with van der Waals surface area (Å²) in [5.41, 5.74) is 1.34. The van der Waals surface area contributed by atoms with E-state index in [9.17, 15) is 14.9 Å². The largest absolute Gasteiger partial charge is 0.481 e. The number of benzene rings is 1. The SMILES string of the molecule is CCN(CCC(=O)O)c1cccc([N+](=O)[O-])c1C. The van der Waals surface area contributed by atoms with Gasteiger partial charge in [0.25, 0.3) is 5.69 Å². The highest BCUT2D eigenvalue weighted by molar-refractivity contribution is 5.68. The average molecular weight is 252 g/mol. The van der Waals surface area contributed by atoms with Crippen LogP contribution in [0.25, 0.3) is 0 Å². The number of carboxylic acid groups (broad SMARTS) is 1. The van der Waals surface area contributed by atoms with Gasteiger partial charge in [-0.05, 0) is 19.9 Å². The molecule has 1 rings (SSSR count). The quantitative estimate of drug-likeness (QED) is 0.619. The normalized spacial score (nSPS) is 10.1. The molecule has 1 aromatic carbocycles. The zero-order valence-electron chi connectivity index (χ0n) is 10.4. The first kappa shape index (κ1) is 14.0. The molecule has 0 unspecified atom stereocenters. The molecular formula is C12H16N2O4. The Morgan fingerprint density at radius 3 is 2.67 bits per heavy atom. The van der Waals surface area contributed by atoms with E-state index in [0.717, 1.165) is 0 Å². The Bertz CT molecular complexity index is 459. The minimum Gasteiger partial charge on any atom is -0.481 e. The van der Waals surface area contributed by atoms with Crippen molar-refractivity contribution in [1.82, 2.24) is 0 Å². The molecule has 0 atom stereocenters. The van der Waals surface area contributed by atoms with Crippen molar-refractivity contribution in [2.24, 2.45) is 0 Å². The lowest BCUT2D eigenvalue weighted by molar-refractivity contribution is -0.385. The van der Waals surface area contributed by atoms with Gasteiger partial charge in [-0.25, -0.2) is 0 Å². The van der Waals surface area contributed by atoms with Crippen molar-refractivity contribution in [3.63, 3.8) is 0 Å². The van der Waals surface area contributed by atoms with Gasteiger partial charge in [-0.15, -0.1) is 0 Å². The maximum Gasteiger partial charge on any atom is 0.305 e. The molecule has 18 heavy (non-hydrogen) atoms. The fraction of sp³-hybridized carbons (Fsp3) is 0.417. The summed E-state index contributed by atoms with van der Waals surface area (Å²) in [6.07, 6.45) is 0.00989. The molecule has 0 aliphatic heterocycles. The van der Waals surface area contributed by atoms with Gasteiger partial charge in [0.15, 0.2) is 0 Å². The number of carbonyl (C=O) groups is 1. The predicted octanol–water partition coefficient (Wildman–Crippen LogP) is 2.20. The number of anilines is 1. The number of nitro benzene ring substituents is 1. The third kappa shape index (κ3) is 3.19. The molecule has 0 heterocycles. The van der Waals surface area contributed by atoms with E-state index in [1.54, 1.807) is 19.1 Å². The summed E-state index contributed by atoms with van der Waals surface area (Å²) in [7, 11) is 0. The second kappa shape index (κ2) is 6.00. The highest BCUT2D eigenvalue weighted by Gasteiger charge is 2.17. The van der Waals surface area contributed by atoms with Gasteiger partial charge in [0.05, 0.1) is 16.9 Å². The zero-order valence-corrected chi connectivity index (χ0v) is 10.4. The van der Waals surface area contributed by atoms with E-state index in [1.165, 1.54) is 6.07 Å². The van der Waals surface area contributed by atoms with Crippen LogP contribution in [0.2, 0.25) is 0 Å². The summed E-state index contributed by atoms with van der Waals surface area (Å²) < 4.78 is 0. The molecule has 0 bridgehead atoms. The van der Waals surface area contributed by atoms with Crippen LogP contribution >= 0.6 is 0 Å². The Morgan fingerprint density at radius 1 is 1.50 bits per heavy atom. The third-order valence-electron chi connectivity index (χ3n) is 2.79. The van der Waals surface area contributed by atoms with E-state index in [1.807, 2.05) is 11.8 Å². The summed E-state index contributed by atoms with van der Waals surface area (Å²) in [6.45, 7) is 4.51. The minimum absolute atomic E-state index is 0.00989. The minimum atomic E-state index is -0.878. The van der Waals surface area contributed by atoms with Crippen LogP contribution in [0.4, 0.5) is 11.4 Å². The molecule has 0 fully saturated rings. The predicted molar refractivity (Wildman–Crippen MR) is 68.0 cm³/mol. The first-order valence-corrected chi connectivity index (χ1v) is 5.68. The molecule has 0 amide bonds. The van der Waals surface area contributed by atoms with Gasteiger partial charge in [-0.2, -0.15) is 0 Å². The van der Waals surface area contributed by atoms with Crippen LogP contribution in [-0.4, -0.2) is 29.1 Å². The van der Waals surface area contributed by atoms with Gasteiger partial charge in [0, 0.05) is 24.8 Å². The monoisotopic (exact) mass is 252 g/mol. The van der Waals surface area contributed by atoms with Gasteiger partial charge in [-0.3, -0.25) is 14.9 Å². The van der Waals surface area contributed by atoms with E-state index in [4.69, 9.17) is 5.11 Å². The lowest BCUT2D eigenvalue weighted by atomic mass is 10.1. The first-order valence-electron chi connectivity index (χ1n) is 5.68. The molecule has 0 aliphatic carbocycles. The number of hydrogen-bond donors (Lipinski definition) is 1. The molecule has 0 radical (unpaired) electrons. The van der Waals surface area contributed by atoms with Crippen LogP contribution in [0.1, 0.15) is 18.9 Å². The van der Waals surface area contributed by atoms with E-state index in [-0.39, 0.29) is 12.1 Å². The lowest BCUT2D eigenvalue weighted by Crippen LogP contribution is -2.26. The molecular weight excluding hydrogens is 236 g/mol. The third-order valence-corrected chi connectivity index (χ3v) is 2.79. The second-order valence-electron chi connectivity index (χ2n) is 3.90. The standard InChI is InChI=1S/C12H16N2O4/c1-3-13(8-7-12(15)16)10-5-4-6-11(9(10)2)14(17)18/h4-6H,3,7-8H2,1-2H3,(H,15,16). The maximum absolute atomic E-state index is 10.8. The fourth-order valence-electron chi connectivity index (χ4n) is 1.83. The summed E-state index contributed by atoms with van der Waals surface area (Å²) >= 11 is 0. The molecule has 1 aromatic rings. The Kier molecular flexibility index (Phi) is 4.65. The van der Waals surface area contributed by atoms with Crippen molar-refractivity contribution in [2.75, 3.05) is 18.0 Å². The first-order chi connectivity index (χ1) is 8.47. The molecule has 0 aromatic heterocycles. The molecule has 0 saturated heterocycles. The number of nitrogens with zero attached hydrogens (tertiary/aromatic N) is 2. The van der Waals surface area contributed by atoms with Gasteiger partial charge in [0.1, 0.15) is 0 Å². The Hall–Kier alpha value is -2.11. The van der Waals surface area contributed by atoms with E-state index < -0.39 is 10.9 Å².